The van der Waals surface area contributed by atoms with Crippen molar-refractivity contribution >= 4 is 5.91 Å². The molecule has 0 atom stereocenters. The molecule has 6 nitrogen and oxygen atoms in total. The molecule has 0 spiro atoms. The lowest BCUT2D eigenvalue weighted by Gasteiger charge is -2.11. The Balaban J connectivity index is 1.47. The largest absolute Gasteiger partial charge is 0.361 e. The number of rotatable bonds is 6. The number of hydrogen-bond acceptors (Lipinski definition) is 4. The molecule has 1 amide bonds. The quantitative estimate of drug-likeness (QED) is 0.858. The fraction of sp³-hybridized carbons (Fsp3) is 0.588. The topological polar surface area (TPSA) is 83.8 Å². The Hall–Kier alpha value is -2.11. The number of amides is 1. The van der Waals surface area contributed by atoms with Crippen LogP contribution in [0.2, 0.25) is 0 Å². The van der Waals surface area contributed by atoms with Gasteiger partial charge in [-0.3, -0.25) is 9.89 Å². The Bertz CT molecular complexity index is 672. The molecule has 2 heterocycles. The van der Waals surface area contributed by atoms with Gasteiger partial charge in [0.2, 0.25) is 5.91 Å². The monoisotopic (exact) mass is 316 g/mol. The van der Waals surface area contributed by atoms with Crippen LogP contribution in [-0.2, 0) is 30.6 Å². The summed E-state index contributed by atoms with van der Waals surface area (Å²) >= 11 is 0. The second kappa shape index (κ2) is 6.98. The van der Waals surface area contributed by atoms with E-state index in [0.29, 0.717) is 25.3 Å². The van der Waals surface area contributed by atoms with Gasteiger partial charge in [-0.05, 0) is 31.2 Å². The van der Waals surface area contributed by atoms with Crippen molar-refractivity contribution in [1.82, 2.24) is 20.7 Å². The summed E-state index contributed by atoms with van der Waals surface area (Å²) in [6.07, 6.45) is 5.75. The first-order valence-electron chi connectivity index (χ1n) is 8.40. The van der Waals surface area contributed by atoms with Crippen molar-refractivity contribution in [3.8, 4) is 0 Å². The van der Waals surface area contributed by atoms with Gasteiger partial charge in [0.25, 0.3) is 0 Å². The Morgan fingerprint density at radius 2 is 2.22 bits per heavy atom. The highest BCUT2D eigenvalue weighted by Crippen LogP contribution is 2.22. The minimum atomic E-state index is 0.0201. The minimum absolute atomic E-state index is 0.0201. The molecule has 3 rings (SSSR count). The fourth-order valence-corrected chi connectivity index (χ4v) is 2.95. The second-order valence-electron chi connectivity index (χ2n) is 6.49. The lowest BCUT2D eigenvalue weighted by atomic mass is 9.94. The minimum Gasteiger partial charge on any atom is -0.361 e. The van der Waals surface area contributed by atoms with E-state index in [1.807, 2.05) is 19.9 Å². The van der Waals surface area contributed by atoms with Gasteiger partial charge in [0, 0.05) is 30.5 Å². The van der Waals surface area contributed by atoms with Crippen molar-refractivity contribution in [1.29, 1.82) is 0 Å². The van der Waals surface area contributed by atoms with Crippen LogP contribution in [-0.4, -0.2) is 21.3 Å². The molecule has 1 aliphatic carbocycles. The van der Waals surface area contributed by atoms with Gasteiger partial charge in [-0.25, -0.2) is 0 Å². The maximum Gasteiger partial charge on any atom is 0.220 e. The van der Waals surface area contributed by atoms with E-state index in [1.54, 1.807) is 0 Å². The average Bonchev–Trinajstić information content (AvgIpc) is 3.18. The molecule has 0 aromatic carbocycles. The van der Waals surface area contributed by atoms with Crippen molar-refractivity contribution in [2.45, 2.75) is 64.8 Å². The van der Waals surface area contributed by atoms with E-state index in [9.17, 15) is 4.79 Å². The van der Waals surface area contributed by atoms with Gasteiger partial charge in [0.1, 0.15) is 11.5 Å². The SMILES string of the molecule is CC(C)c1cc(CNC(=O)CCc2n[nH]c3c2CCCC3)no1. The Kier molecular flexibility index (Phi) is 4.79. The maximum atomic E-state index is 12.0. The highest BCUT2D eigenvalue weighted by molar-refractivity contribution is 5.76. The van der Waals surface area contributed by atoms with Crippen molar-refractivity contribution in [2.75, 3.05) is 0 Å². The first-order chi connectivity index (χ1) is 11.1. The van der Waals surface area contributed by atoms with E-state index in [2.05, 4.69) is 20.7 Å². The number of H-pyrrole nitrogens is 1. The van der Waals surface area contributed by atoms with Crippen LogP contribution in [0.25, 0.3) is 0 Å². The smallest absolute Gasteiger partial charge is 0.220 e. The first kappa shape index (κ1) is 15.8. The fourth-order valence-electron chi connectivity index (χ4n) is 2.95. The van der Waals surface area contributed by atoms with Gasteiger partial charge >= 0.3 is 0 Å². The van der Waals surface area contributed by atoms with E-state index in [1.165, 1.54) is 24.1 Å². The van der Waals surface area contributed by atoms with Crippen molar-refractivity contribution in [3.63, 3.8) is 0 Å². The molecule has 0 unspecified atom stereocenters. The summed E-state index contributed by atoms with van der Waals surface area (Å²) in [7, 11) is 0. The van der Waals surface area contributed by atoms with Crippen LogP contribution in [0.4, 0.5) is 0 Å². The molecule has 0 aliphatic heterocycles. The summed E-state index contributed by atoms with van der Waals surface area (Å²) in [6, 6.07) is 1.90. The predicted molar refractivity (Wildman–Crippen MR) is 86.0 cm³/mol. The Labute approximate surface area is 136 Å². The van der Waals surface area contributed by atoms with E-state index >= 15 is 0 Å². The molecule has 0 saturated heterocycles. The molecule has 2 N–H and O–H groups in total. The molecule has 0 bridgehead atoms. The molecule has 1 aliphatic rings. The summed E-state index contributed by atoms with van der Waals surface area (Å²) < 4.78 is 5.22. The van der Waals surface area contributed by atoms with E-state index < -0.39 is 0 Å². The number of carbonyl (C=O) groups is 1. The zero-order valence-corrected chi connectivity index (χ0v) is 13.8. The van der Waals surface area contributed by atoms with Crippen LogP contribution in [0.5, 0.6) is 0 Å². The molecule has 124 valence electrons. The molecular weight excluding hydrogens is 292 g/mol. The standard InChI is InChI=1S/C17H24N4O2/c1-11(2)16-9-12(21-23-16)10-18-17(22)8-7-15-13-5-3-4-6-14(13)19-20-15/h9,11H,3-8,10H2,1-2H3,(H,18,22)(H,19,20). The van der Waals surface area contributed by atoms with Crippen LogP contribution in [0.1, 0.15) is 67.4 Å². The van der Waals surface area contributed by atoms with Crippen LogP contribution in [0, 0.1) is 0 Å². The predicted octanol–water partition coefficient (Wildman–Crippen LogP) is 2.65. The van der Waals surface area contributed by atoms with Gasteiger partial charge in [-0.1, -0.05) is 19.0 Å². The number of hydrogen-bond donors (Lipinski definition) is 2. The van der Waals surface area contributed by atoms with Crippen LogP contribution in [0.15, 0.2) is 10.6 Å². The molecule has 0 radical (unpaired) electrons. The molecule has 23 heavy (non-hydrogen) atoms. The summed E-state index contributed by atoms with van der Waals surface area (Å²) in [5, 5.41) is 14.4. The third kappa shape index (κ3) is 3.81. The second-order valence-corrected chi connectivity index (χ2v) is 6.49. The zero-order chi connectivity index (χ0) is 16.2. The van der Waals surface area contributed by atoms with Crippen molar-refractivity contribution in [2.24, 2.45) is 0 Å². The average molecular weight is 316 g/mol. The normalized spacial score (nSPS) is 14.0. The molecule has 2 aromatic heterocycles. The third-order valence-electron chi connectivity index (χ3n) is 4.34. The summed E-state index contributed by atoms with van der Waals surface area (Å²) in [5.74, 6) is 1.17. The van der Waals surface area contributed by atoms with Crippen molar-refractivity contribution < 1.29 is 9.32 Å². The lowest BCUT2D eigenvalue weighted by Crippen LogP contribution is -2.23. The molecule has 6 heteroatoms. The third-order valence-corrected chi connectivity index (χ3v) is 4.34. The molecule has 2 aromatic rings. The number of aromatic amines is 1. The summed E-state index contributed by atoms with van der Waals surface area (Å²) in [4.78, 5) is 12.0. The van der Waals surface area contributed by atoms with Gasteiger partial charge in [0.05, 0.1) is 12.2 Å². The van der Waals surface area contributed by atoms with Gasteiger partial charge < -0.3 is 9.84 Å². The molecule has 0 fully saturated rings. The van der Waals surface area contributed by atoms with E-state index in [4.69, 9.17) is 4.52 Å². The molecular formula is C17H24N4O2. The van der Waals surface area contributed by atoms with Gasteiger partial charge in [-0.15, -0.1) is 0 Å². The van der Waals surface area contributed by atoms with Crippen LogP contribution < -0.4 is 5.32 Å². The van der Waals surface area contributed by atoms with E-state index in [0.717, 1.165) is 30.0 Å². The van der Waals surface area contributed by atoms with Crippen LogP contribution in [0.3, 0.4) is 0 Å². The number of fused-ring (bicyclic) bond motifs is 1. The summed E-state index contributed by atoms with van der Waals surface area (Å²) in [6.45, 7) is 4.51. The highest BCUT2D eigenvalue weighted by Gasteiger charge is 2.17. The number of aromatic nitrogens is 3. The zero-order valence-electron chi connectivity index (χ0n) is 13.8. The first-order valence-corrected chi connectivity index (χ1v) is 8.40. The Morgan fingerprint density at radius 3 is 3.00 bits per heavy atom. The summed E-state index contributed by atoms with van der Waals surface area (Å²) in [5.41, 5.74) is 4.41. The highest BCUT2D eigenvalue weighted by atomic mass is 16.5. The number of aryl methyl sites for hydroxylation is 2. The molecule has 0 saturated carbocycles. The van der Waals surface area contributed by atoms with Gasteiger partial charge in [0.15, 0.2) is 0 Å². The van der Waals surface area contributed by atoms with E-state index in [-0.39, 0.29) is 5.91 Å². The number of carbonyl (C=O) groups excluding carboxylic acids is 1. The number of nitrogens with one attached hydrogen (secondary N) is 2. The maximum absolute atomic E-state index is 12.0. The van der Waals surface area contributed by atoms with Gasteiger partial charge in [-0.2, -0.15) is 5.10 Å². The van der Waals surface area contributed by atoms with Crippen LogP contribution >= 0.6 is 0 Å². The number of nitrogens with zero attached hydrogens (tertiary/aromatic N) is 2. The lowest BCUT2D eigenvalue weighted by molar-refractivity contribution is -0.121. The Morgan fingerprint density at radius 1 is 1.39 bits per heavy atom. The van der Waals surface area contributed by atoms with Crippen molar-refractivity contribution in [3.05, 3.63) is 34.5 Å².